The van der Waals surface area contributed by atoms with Crippen LogP contribution in [0.1, 0.15) is 0 Å². The average molecular weight is 250 g/mol. The molecule has 0 aliphatic rings. The number of hydrogen-bond acceptors (Lipinski definition) is 3. The molecule has 0 radical (unpaired) electrons. The van der Waals surface area contributed by atoms with E-state index in [2.05, 4.69) is 0 Å². The van der Waals surface area contributed by atoms with E-state index in [1.165, 1.54) is 7.05 Å². The Bertz CT molecular complexity index is 456. The topological polar surface area (TPSA) is 63.4 Å². The number of halogens is 2. The summed E-state index contributed by atoms with van der Waals surface area (Å²) in [5.74, 6) is -1.86. The van der Waals surface area contributed by atoms with Crippen LogP contribution in [0.3, 0.4) is 0 Å². The van der Waals surface area contributed by atoms with Crippen molar-refractivity contribution in [3.05, 3.63) is 29.8 Å². The highest BCUT2D eigenvalue weighted by molar-refractivity contribution is 7.89. The first-order chi connectivity index (χ1) is 7.37. The van der Waals surface area contributed by atoms with Crippen molar-refractivity contribution in [1.29, 1.82) is 0 Å². The molecule has 0 aliphatic heterocycles. The maximum Gasteiger partial charge on any atom is 0.243 e. The van der Waals surface area contributed by atoms with Gasteiger partial charge < -0.3 is 5.73 Å². The summed E-state index contributed by atoms with van der Waals surface area (Å²) in [7, 11) is -2.58. The number of nitrogens with two attached hydrogens (primary N) is 1. The Labute approximate surface area is 92.7 Å². The Morgan fingerprint density at radius 1 is 1.25 bits per heavy atom. The minimum absolute atomic E-state index is 0.0838. The van der Waals surface area contributed by atoms with E-state index in [0.717, 1.165) is 16.4 Å². The third-order valence-corrected chi connectivity index (χ3v) is 3.82. The van der Waals surface area contributed by atoms with Gasteiger partial charge in [0, 0.05) is 26.2 Å². The van der Waals surface area contributed by atoms with Gasteiger partial charge in [0.1, 0.15) is 11.6 Å². The van der Waals surface area contributed by atoms with Gasteiger partial charge in [-0.2, -0.15) is 4.31 Å². The highest BCUT2D eigenvalue weighted by atomic mass is 32.2. The van der Waals surface area contributed by atoms with Crippen LogP contribution in [0.5, 0.6) is 0 Å². The molecule has 0 spiro atoms. The molecule has 0 unspecified atom stereocenters. The largest absolute Gasteiger partial charge is 0.329 e. The minimum Gasteiger partial charge on any atom is -0.329 e. The number of benzene rings is 1. The molecule has 0 heterocycles. The van der Waals surface area contributed by atoms with E-state index >= 15 is 0 Å². The van der Waals surface area contributed by atoms with Gasteiger partial charge in [0.2, 0.25) is 10.0 Å². The number of nitrogens with zero attached hydrogens (tertiary/aromatic N) is 1. The summed E-state index contributed by atoms with van der Waals surface area (Å²) in [5.41, 5.74) is 5.21. The lowest BCUT2D eigenvalue weighted by Gasteiger charge is -2.16. The molecule has 0 amide bonds. The Kier molecular flexibility index (Phi) is 3.95. The van der Waals surface area contributed by atoms with E-state index in [1.807, 2.05) is 0 Å². The van der Waals surface area contributed by atoms with E-state index in [1.54, 1.807) is 0 Å². The van der Waals surface area contributed by atoms with Crippen molar-refractivity contribution >= 4 is 10.0 Å². The van der Waals surface area contributed by atoms with Gasteiger partial charge in [-0.25, -0.2) is 17.2 Å². The van der Waals surface area contributed by atoms with Gasteiger partial charge in [-0.05, 0) is 12.1 Å². The molecular weight excluding hydrogens is 238 g/mol. The van der Waals surface area contributed by atoms with Gasteiger partial charge in [-0.3, -0.25) is 0 Å². The third-order valence-electron chi connectivity index (χ3n) is 1.99. The first-order valence-electron chi connectivity index (χ1n) is 4.50. The van der Waals surface area contributed by atoms with E-state index in [-0.39, 0.29) is 13.1 Å². The Morgan fingerprint density at radius 3 is 2.19 bits per heavy atom. The summed E-state index contributed by atoms with van der Waals surface area (Å²) in [5, 5.41) is 0. The average Bonchev–Trinajstić information content (AvgIpc) is 2.16. The summed E-state index contributed by atoms with van der Waals surface area (Å²) >= 11 is 0. The van der Waals surface area contributed by atoms with Crippen LogP contribution in [0, 0.1) is 11.6 Å². The fraction of sp³-hybridized carbons (Fsp3) is 0.333. The summed E-state index contributed by atoms with van der Waals surface area (Å²) in [4.78, 5) is -0.416. The summed E-state index contributed by atoms with van der Waals surface area (Å²) in [6.07, 6.45) is 0. The summed E-state index contributed by atoms with van der Waals surface area (Å²) in [6.45, 7) is 0.216. The van der Waals surface area contributed by atoms with Crippen LogP contribution in [0.25, 0.3) is 0 Å². The van der Waals surface area contributed by atoms with Crippen molar-refractivity contribution in [2.75, 3.05) is 20.1 Å². The van der Waals surface area contributed by atoms with Crippen LogP contribution in [0.4, 0.5) is 8.78 Å². The molecule has 0 atom stereocenters. The molecule has 0 bridgehead atoms. The van der Waals surface area contributed by atoms with Crippen LogP contribution in [0.15, 0.2) is 23.1 Å². The normalized spacial score (nSPS) is 12.1. The van der Waals surface area contributed by atoms with Crippen molar-refractivity contribution in [3.8, 4) is 0 Å². The van der Waals surface area contributed by atoms with Crippen LogP contribution >= 0.6 is 0 Å². The van der Waals surface area contributed by atoms with Crippen LogP contribution < -0.4 is 5.73 Å². The predicted octanol–water partition coefficient (Wildman–Crippen LogP) is 0.544. The fourth-order valence-corrected chi connectivity index (χ4v) is 2.39. The summed E-state index contributed by atoms with van der Waals surface area (Å²) in [6, 6.07) is 2.15. The van der Waals surface area contributed by atoms with Crippen molar-refractivity contribution in [3.63, 3.8) is 0 Å². The van der Waals surface area contributed by atoms with Crippen LogP contribution in [-0.4, -0.2) is 32.9 Å². The van der Waals surface area contributed by atoms with Gasteiger partial charge in [0.05, 0.1) is 4.90 Å². The number of likely N-dealkylation sites (N-methyl/N-ethyl adjacent to an activating group) is 1. The molecule has 0 aromatic heterocycles. The van der Waals surface area contributed by atoms with E-state index < -0.39 is 26.6 Å². The van der Waals surface area contributed by atoms with Crippen molar-refractivity contribution in [2.45, 2.75) is 4.90 Å². The Balaban J connectivity index is 3.16. The SMILES string of the molecule is CN(CCN)S(=O)(=O)c1cc(F)cc(F)c1. The minimum atomic E-state index is -3.87. The number of hydrogen-bond donors (Lipinski definition) is 1. The van der Waals surface area contributed by atoms with Gasteiger partial charge in [0.15, 0.2) is 0 Å². The Hall–Kier alpha value is -1.05. The molecule has 4 nitrogen and oxygen atoms in total. The van der Waals surface area contributed by atoms with Gasteiger partial charge in [-0.15, -0.1) is 0 Å². The highest BCUT2D eigenvalue weighted by Gasteiger charge is 2.21. The zero-order chi connectivity index (χ0) is 12.3. The van der Waals surface area contributed by atoms with Gasteiger partial charge in [0.25, 0.3) is 0 Å². The first kappa shape index (κ1) is 13.0. The van der Waals surface area contributed by atoms with Crippen LogP contribution in [0.2, 0.25) is 0 Å². The van der Waals surface area contributed by atoms with E-state index in [4.69, 9.17) is 5.73 Å². The quantitative estimate of drug-likeness (QED) is 0.848. The zero-order valence-electron chi connectivity index (χ0n) is 8.65. The Morgan fingerprint density at radius 2 is 1.75 bits per heavy atom. The third kappa shape index (κ3) is 2.75. The van der Waals surface area contributed by atoms with Crippen molar-refractivity contribution in [2.24, 2.45) is 5.73 Å². The smallest absolute Gasteiger partial charge is 0.243 e. The van der Waals surface area contributed by atoms with Gasteiger partial charge in [-0.1, -0.05) is 0 Å². The van der Waals surface area contributed by atoms with Crippen molar-refractivity contribution in [1.82, 2.24) is 4.31 Å². The standard InChI is InChI=1S/C9H12F2N2O2S/c1-13(3-2-12)16(14,15)9-5-7(10)4-8(11)6-9/h4-6H,2-3,12H2,1H3. The molecular formula is C9H12F2N2O2S. The molecule has 2 N–H and O–H groups in total. The lowest BCUT2D eigenvalue weighted by molar-refractivity contribution is 0.474. The summed E-state index contributed by atoms with van der Waals surface area (Å²) < 4.78 is 50.2. The molecule has 1 rings (SSSR count). The molecule has 90 valence electrons. The molecule has 0 aliphatic carbocycles. The second kappa shape index (κ2) is 4.86. The molecule has 7 heteroatoms. The predicted molar refractivity (Wildman–Crippen MR) is 55.2 cm³/mol. The lowest BCUT2D eigenvalue weighted by atomic mass is 10.3. The zero-order valence-corrected chi connectivity index (χ0v) is 9.47. The molecule has 16 heavy (non-hydrogen) atoms. The maximum atomic E-state index is 12.9. The molecule has 0 fully saturated rings. The van der Waals surface area contributed by atoms with Crippen LogP contribution in [-0.2, 0) is 10.0 Å². The second-order valence-corrected chi connectivity index (χ2v) is 5.27. The number of sulfonamides is 1. The first-order valence-corrected chi connectivity index (χ1v) is 5.94. The molecule has 1 aromatic rings. The van der Waals surface area contributed by atoms with E-state index in [0.29, 0.717) is 6.07 Å². The lowest BCUT2D eigenvalue weighted by Crippen LogP contribution is -2.31. The molecule has 1 aromatic carbocycles. The highest BCUT2D eigenvalue weighted by Crippen LogP contribution is 2.16. The van der Waals surface area contributed by atoms with Gasteiger partial charge >= 0.3 is 0 Å². The second-order valence-electron chi connectivity index (χ2n) is 3.22. The fourth-order valence-electron chi connectivity index (χ4n) is 1.16. The monoisotopic (exact) mass is 250 g/mol. The number of rotatable bonds is 4. The maximum absolute atomic E-state index is 12.9. The molecule has 0 saturated heterocycles. The van der Waals surface area contributed by atoms with Crippen molar-refractivity contribution < 1.29 is 17.2 Å². The van der Waals surface area contributed by atoms with E-state index in [9.17, 15) is 17.2 Å². The molecule has 0 saturated carbocycles.